The number of ether oxygens (including phenoxy) is 1. The number of amides is 2. The number of para-hydroxylation sites is 1. The van der Waals surface area contributed by atoms with Crippen LogP contribution in [0.25, 0.3) is 0 Å². The van der Waals surface area contributed by atoms with Gasteiger partial charge < -0.3 is 14.5 Å². The first-order valence-electron chi connectivity index (χ1n) is 9.98. The van der Waals surface area contributed by atoms with Gasteiger partial charge >= 0.3 is 0 Å². The van der Waals surface area contributed by atoms with Crippen molar-refractivity contribution >= 4 is 11.8 Å². The highest BCUT2D eigenvalue weighted by Crippen LogP contribution is 2.22. The lowest BCUT2D eigenvalue weighted by molar-refractivity contribution is -0.141. The normalized spacial score (nSPS) is 19.5. The van der Waals surface area contributed by atoms with Gasteiger partial charge in [-0.15, -0.1) is 0 Å². The molecule has 0 radical (unpaired) electrons. The summed E-state index contributed by atoms with van der Waals surface area (Å²) >= 11 is 0. The van der Waals surface area contributed by atoms with Crippen molar-refractivity contribution in [3.63, 3.8) is 0 Å². The highest BCUT2D eigenvalue weighted by Gasteiger charge is 2.30. The van der Waals surface area contributed by atoms with E-state index in [1.807, 2.05) is 35.2 Å². The van der Waals surface area contributed by atoms with Gasteiger partial charge in [0.05, 0.1) is 0 Å². The smallest absolute Gasteiger partial charge is 0.260 e. The van der Waals surface area contributed by atoms with Crippen LogP contribution in [0.5, 0.6) is 5.75 Å². The molecule has 1 aromatic carbocycles. The summed E-state index contributed by atoms with van der Waals surface area (Å²) in [6.45, 7) is 3.18. The Morgan fingerprint density at radius 2 is 1.46 bits per heavy atom. The highest BCUT2D eigenvalue weighted by molar-refractivity contribution is 5.80. The number of hydrogen-bond acceptors (Lipinski definition) is 3. The molecule has 2 saturated heterocycles. The van der Waals surface area contributed by atoms with E-state index in [-0.39, 0.29) is 18.4 Å². The summed E-state index contributed by atoms with van der Waals surface area (Å²) in [5.74, 6) is 1.10. The molecule has 0 spiro atoms. The molecule has 0 N–H and O–H groups in total. The van der Waals surface area contributed by atoms with Crippen LogP contribution in [0.15, 0.2) is 30.3 Å². The average Bonchev–Trinajstić information content (AvgIpc) is 2.66. The quantitative estimate of drug-likeness (QED) is 0.831. The Bertz CT molecular complexity index is 574. The van der Waals surface area contributed by atoms with Crippen LogP contribution in [0.4, 0.5) is 0 Å². The number of likely N-dealkylation sites (tertiary alicyclic amines) is 2. The fourth-order valence-corrected chi connectivity index (χ4v) is 3.85. The third kappa shape index (κ3) is 5.23. The van der Waals surface area contributed by atoms with Crippen molar-refractivity contribution in [3.8, 4) is 5.75 Å². The number of benzene rings is 1. The van der Waals surface area contributed by atoms with Crippen molar-refractivity contribution in [1.29, 1.82) is 0 Å². The van der Waals surface area contributed by atoms with Crippen molar-refractivity contribution in [2.24, 2.45) is 5.92 Å². The van der Waals surface area contributed by atoms with E-state index in [0.29, 0.717) is 24.7 Å². The number of piperidine rings is 1. The van der Waals surface area contributed by atoms with Gasteiger partial charge in [-0.25, -0.2) is 0 Å². The van der Waals surface area contributed by atoms with Crippen LogP contribution in [-0.2, 0) is 9.59 Å². The fourth-order valence-electron chi connectivity index (χ4n) is 3.85. The molecule has 2 heterocycles. The van der Waals surface area contributed by atoms with Crippen LogP contribution >= 0.6 is 0 Å². The van der Waals surface area contributed by atoms with Gasteiger partial charge in [-0.05, 0) is 37.8 Å². The molecule has 0 atom stereocenters. The van der Waals surface area contributed by atoms with E-state index >= 15 is 0 Å². The Kier molecular flexibility index (Phi) is 6.92. The summed E-state index contributed by atoms with van der Waals surface area (Å²) in [6.07, 6.45) is 7.56. The van der Waals surface area contributed by atoms with Gasteiger partial charge in [0.25, 0.3) is 5.91 Å². The summed E-state index contributed by atoms with van der Waals surface area (Å²) in [4.78, 5) is 29.0. The molecule has 5 heteroatoms. The van der Waals surface area contributed by atoms with Crippen LogP contribution in [0, 0.1) is 5.92 Å². The minimum absolute atomic E-state index is 0.00557. The predicted octanol–water partition coefficient (Wildman–Crippen LogP) is 3.10. The molecule has 1 aromatic rings. The van der Waals surface area contributed by atoms with Crippen molar-refractivity contribution in [2.45, 2.75) is 44.9 Å². The molecule has 2 aliphatic heterocycles. The summed E-state index contributed by atoms with van der Waals surface area (Å²) in [7, 11) is 0. The molecule has 0 unspecified atom stereocenters. The zero-order valence-electron chi connectivity index (χ0n) is 15.6. The monoisotopic (exact) mass is 358 g/mol. The molecule has 0 bridgehead atoms. The van der Waals surface area contributed by atoms with E-state index in [1.54, 1.807) is 0 Å². The van der Waals surface area contributed by atoms with Crippen LogP contribution in [0.2, 0.25) is 0 Å². The molecule has 5 nitrogen and oxygen atoms in total. The summed E-state index contributed by atoms with van der Waals surface area (Å²) in [5, 5.41) is 0. The van der Waals surface area contributed by atoms with Gasteiger partial charge in [-0.3, -0.25) is 9.59 Å². The molecule has 142 valence electrons. The van der Waals surface area contributed by atoms with E-state index in [2.05, 4.69) is 4.90 Å². The summed E-state index contributed by atoms with van der Waals surface area (Å²) < 4.78 is 5.55. The minimum Gasteiger partial charge on any atom is -0.484 e. The number of carbonyl (C=O) groups is 2. The predicted molar refractivity (Wildman–Crippen MR) is 101 cm³/mol. The molecular weight excluding hydrogens is 328 g/mol. The summed E-state index contributed by atoms with van der Waals surface area (Å²) in [5.41, 5.74) is 0. The molecule has 2 amide bonds. The second-order valence-electron chi connectivity index (χ2n) is 7.35. The maximum atomic E-state index is 12.8. The molecule has 26 heavy (non-hydrogen) atoms. The van der Waals surface area contributed by atoms with E-state index < -0.39 is 0 Å². The second-order valence-corrected chi connectivity index (χ2v) is 7.35. The van der Waals surface area contributed by atoms with Crippen LogP contribution in [-0.4, -0.2) is 54.4 Å². The second kappa shape index (κ2) is 9.60. The number of carbonyl (C=O) groups excluding carboxylic acids is 2. The summed E-state index contributed by atoms with van der Waals surface area (Å²) in [6, 6.07) is 9.40. The largest absolute Gasteiger partial charge is 0.484 e. The SMILES string of the molecule is O=C(COc1ccccc1)N1CCC(C(=O)N2CCCCCCC2)CC1. The van der Waals surface area contributed by atoms with E-state index in [0.717, 1.165) is 38.8 Å². The Balaban J connectivity index is 1.42. The van der Waals surface area contributed by atoms with E-state index in [1.165, 1.54) is 19.3 Å². The zero-order valence-corrected chi connectivity index (χ0v) is 15.6. The standard InChI is InChI=1S/C21H30N2O3/c24-20(17-26-19-9-5-4-6-10-19)22-15-11-18(12-16-22)21(25)23-13-7-2-1-3-8-14-23/h4-6,9-10,18H,1-3,7-8,11-17H2. The maximum absolute atomic E-state index is 12.8. The lowest BCUT2D eigenvalue weighted by Crippen LogP contribution is -2.46. The highest BCUT2D eigenvalue weighted by atomic mass is 16.5. The Hall–Kier alpha value is -2.04. The number of rotatable bonds is 4. The zero-order chi connectivity index (χ0) is 18.2. The van der Waals surface area contributed by atoms with Gasteiger partial charge in [0.2, 0.25) is 5.91 Å². The fraction of sp³-hybridized carbons (Fsp3) is 0.619. The van der Waals surface area contributed by atoms with Gasteiger partial charge in [0, 0.05) is 32.1 Å². The lowest BCUT2D eigenvalue weighted by atomic mass is 9.94. The molecule has 0 aliphatic carbocycles. The molecule has 3 rings (SSSR count). The number of nitrogens with zero attached hydrogens (tertiary/aromatic N) is 2. The topological polar surface area (TPSA) is 49.9 Å². The molecule has 2 fully saturated rings. The van der Waals surface area contributed by atoms with Crippen molar-refractivity contribution in [3.05, 3.63) is 30.3 Å². The average molecular weight is 358 g/mol. The van der Waals surface area contributed by atoms with Gasteiger partial charge in [-0.2, -0.15) is 0 Å². The lowest BCUT2D eigenvalue weighted by Gasteiger charge is -2.34. The third-order valence-corrected chi connectivity index (χ3v) is 5.47. The first kappa shape index (κ1) is 18.7. The van der Waals surface area contributed by atoms with E-state index in [9.17, 15) is 9.59 Å². The van der Waals surface area contributed by atoms with Gasteiger partial charge in [-0.1, -0.05) is 37.5 Å². The van der Waals surface area contributed by atoms with E-state index in [4.69, 9.17) is 4.74 Å². The Morgan fingerprint density at radius 3 is 2.12 bits per heavy atom. The van der Waals surface area contributed by atoms with Crippen LogP contribution in [0.1, 0.15) is 44.9 Å². The maximum Gasteiger partial charge on any atom is 0.260 e. The number of hydrogen-bond donors (Lipinski definition) is 0. The van der Waals surface area contributed by atoms with Gasteiger partial charge in [0.1, 0.15) is 5.75 Å². The van der Waals surface area contributed by atoms with Crippen molar-refractivity contribution in [1.82, 2.24) is 9.80 Å². The first-order chi connectivity index (χ1) is 12.7. The molecule has 2 aliphatic rings. The van der Waals surface area contributed by atoms with Crippen LogP contribution < -0.4 is 4.74 Å². The van der Waals surface area contributed by atoms with Crippen molar-refractivity contribution in [2.75, 3.05) is 32.8 Å². The Morgan fingerprint density at radius 1 is 0.846 bits per heavy atom. The molecular formula is C21H30N2O3. The minimum atomic E-state index is 0.00557. The first-order valence-corrected chi connectivity index (χ1v) is 9.98. The third-order valence-electron chi connectivity index (χ3n) is 5.47. The van der Waals surface area contributed by atoms with Crippen LogP contribution in [0.3, 0.4) is 0 Å². The molecule has 0 saturated carbocycles. The Labute approximate surface area is 156 Å². The van der Waals surface area contributed by atoms with Crippen molar-refractivity contribution < 1.29 is 14.3 Å². The molecule has 0 aromatic heterocycles. The van der Waals surface area contributed by atoms with Gasteiger partial charge in [0.15, 0.2) is 6.61 Å².